The van der Waals surface area contributed by atoms with Crippen LogP contribution in [-0.4, -0.2) is 11.1 Å². The van der Waals surface area contributed by atoms with Crippen LogP contribution in [0.1, 0.15) is 73.6 Å². The van der Waals surface area contributed by atoms with Gasteiger partial charge in [0.15, 0.2) is 0 Å². The van der Waals surface area contributed by atoms with Crippen molar-refractivity contribution in [3.63, 3.8) is 0 Å². The molecule has 0 fully saturated rings. The minimum Gasteiger partial charge on any atom is -0.481 e. The molecule has 2 heteroatoms. The highest BCUT2D eigenvalue weighted by Crippen LogP contribution is 2.32. The molecule has 3 unspecified atom stereocenters. The Bertz CT molecular complexity index is 240. The van der Waals surface area contributed by atoms with Gasteiger partial charge in [-0.25, -0.2) is 0 Å². The minimum atomic E-state index is -0.616. The van der Waals surface area contributed by atoms with E-state index in [4.69, 9.17) is 0 Å². The normalized spacial score (nSPS) is 17.2. The van der Waals surface area contributed by atoms with Gasteiger partial charge in [0.1, 0.15) is 0 Å². The van der Waals surface area contributed by atoms with Crippen molar-refractivity contribution in [3.05, 3.63) is 0 Å². The standard InChI is InChI=1S/C16H32O2/c1-7-8-9-12(2)10-14(15(17)18)13(3)11-16(4,5)6/h12-14H,7-11H2,1-6H3,(H,17,18). The average molecular weight is 256 g/mol. The molecule has 0 aliphatic carbocycles. The average Bonchev–Trinajstić information content (AvgIpc) is 2.19. The Hall–Kier alpha value is -0.530. The Labute approximate surface area is 113 Å². The van der Waals surface area contributed by atoms with E-state index in [1.165, 1.54) is 12.8 Å². The lowest BCUT2D eigenvalue weighted by atomic mass is 9.76. The largest absolute Gasteiger partial charge is 0.481 e. The van der Waals surface area contributed by atoms with E-state index in [2.05, 4.69) is 41.5 Å². The Kier molecular flexibility index (Phi) is 7.58. The van der Waals surface area contributed by atoms with Crippen LogP contribution in [0, 0.1) is 23.2 Å². The van der Waals surface area contributed by atoms with E-state index in [1.807, 2.05) is 0 Å². The van der Waals surface area contributed by atoms with Crippen LogP contribution in [0.15, 0.2) is 0 Å². The molecule has 0 aromatic carbocycles. The van der Waals surface area contributed by atoms with E-state index in [-0.39, 0.29) is 17.3 Å². The molecule has 2 nitrogen and oxygen atoms in total. The quantitative estimate of drug-likeness (QED) is 0.665. The van der Waals surface area contributed by atoms with E-state index in [9.17, 15) is 9.90 Å². The Morgan fingerprint density at radius 2 is 1.78 bits per heavy atom. The van der Waals surface area contributed by atoms with Crippen LogP contribution < -0.4 is 0 Å². The second-order valence-electron chi connectivity index (χ2n) is 7.17. The Morgan fingerprint density at radius 3 is 2.17 bits per heavy atom. The van der Waals surface area contributed by atoms with Crippen LogP contribution in [-0.2, 0) is 4.79 Å². The molecule has 0 saturated heterocycles. The van der Waals surface area contributed by atoms with Crippen molar-refractivity contribution < 1.29 is 9.90 Å². The van der Waals surface area contributed by atoms with Crippen LogP contribution in [0.5, 0.6) is 0 Å². The van der Waals surface area contributed by atoms with Crippen molar-refractivity contribution in [2.45, 2.75) is 73.6 Å². The maximum atomic E-state index is 11.4. The molecule has 0 spiro atoms. The lowest BCUT2D eigenvalue weighted by molar-refractivity contribution is -0.144. The lowest BCUT2D eigenvalue weighted by Crippen LogP contribution is -2.27. The number of carboxylic acids is 1. The third kappa shape index (κ3) is 7.73. The molecular formula is C16H32O2. The minimum absolute atomic E-state index is 0.184. The first-order chi connectivity index (χ1) is 8.17. The van der Waals surface area contributed by atoms with Gasteiger partial charge in [-0.15, -0.1) is 0 Å². The molecule has 0 amide bonds. The van der Waals surface area contributed by atoms with Crippen molar-refractivity contribution in [1.29, 1.82) is 0 Å². The zero-order chi connectivity index (χ0) is 14.3. The van der Waals surface area contributed by atoms with E-state index < -0.39 is 5.97 Å². The van der Waals surface area contributed by atoms with Crippen molar-refractivity contribution in [3.8, 4) is 0 Å². The Balaban J connectivity index is 4.42. The molecule has 1 N–H and O–H groups in total. The number of rotatable bonds is 8. The predicted molar refractivity (Wildman–Crippen MR) is 77.7 cm³/mol. The summed E-state index contributed by atoms with van der Waals surface area (Å²) < 4.78 is 0. The second kappa shape index (κ2) is 7.81. The summed E-state index contributed by atoms with van der Waals surface area (Å²) in [6, 6.07) is 0. The number of unbranched alkanes of at least 4 members (excludes halogenated alkanes) is 1. The summed E-state index contributed by atoms with van der Waals surface area (Å²) in [6.07, 6.45) is 5.36. The monoisotopic (exact) mass is 256 g/mol. The predicted octanol–water partition coefficient (Wildman–Crippen LogP) is 4.98. The smallest absolute Gasteiger partial charge is 0.306 e. The van der Waals surface area contributed by atoms with Gasteiger partial charge in [-0.05, 0) is 30.1 Å². The molecule has 0 bridgehead atoms. The van der Waals surface area contributed by atoms with E-state index in [1.54, 1.807) is 0 Å². The molecule has 0 aliphatic rings. The lowest BCUT2D eigenvalue weighted by Gasteiger charge is -2.29. The zero-order valence-electron chi connectivity index (χ0n) is 13.1. The second-order valence-corrected chi connectivity index (χ2v) is 7.17. The molecule has 3 atom stereocenters. The molecule has 18 heavy (non-hydrogen) atoms. The number of carboxylic acid groups (broad SMARTS) is 1. The third-order valence-electron chi connectivity index (χ3n) is 3.65. The maximum absolute atomic E-state index is 11.4. The van der Waals surface area contributed by atoms with Gasteiger partial charge in [-0.2, -0.15) is 0 Å². The fraction of sp³-hybridized carbons (Fsp3) is 0.938. The fourth-order valence-corrected chi connectivity index (χ4v) is 2.79. The van der Waals surface area contributed by atoms with Gasteiger partial charge < -0.3 is 5.11 Å². The maximum Gasteiger partial charge on any atom is 0.306 e. The van der Waals surface area contributed by atoms with Crippen LogP contribution >= 0.6 is 0 Å². The van der Waals surface area contributed by atoms with E-state index >= 15 is 0 Å². The molecule has 0 heterocycles. The topological polar surface area (TPSA) is 37.3 Å². The Morgan fingerprint density at radius 1 is 1.22 bits per heavy atom. The molecule has 108 valence electrons. The molecule has 0 aliphatic heterocycles. The first kappa shape index (κ1) is 17.5. The van der Waals surface area contributed by atoms with Gasteiger partial charge in [0, 0.05) is 0 Å². The first-order valence-corrected chi connectivity index (χ1v) is 7.40. The molecule has 0 saturated carbocycles. The van der Waals surface area contributed by atoms with Crippen LogP contribution in [0.4, 0.5) is 0 Å². The van der Waals surface area contributed by atoms with Crippen molar-refractivity contribution in [1.82, 2.24) is 0 Å². The van der Waals surface area contributed by atoms with E-state index in [0.29, 0.717) is 5.92 Å². The molecule has 0 aromatic heterocycles. The van der Waals surface area contributed by atoms with Gasteiger partial charge in [-0.3, -0.25) is 4.79 Å². The van der Waals surface area contributed by atoms with Gasteiger partial charge in [-0.1, -0.05) is 60.8 Å². The highest BCUT2D eigenvalue weighted by atomic mass is 16.4. The van der Waals surface area contributed by atoms with Crippen molar-refractivity contribution in [2.75, 3.05) is 0 Å². The SMILES string of the molecule is CCCCC(C)CC(C(=O)O)C(C)CC(C)(C)C. The van der Waals surface area contributed by atoms with Gasteiger partial charge in [0.2, 0.25) is 0 Å². The molecule has 0 radical (unpaired) electrons. The summed E-state index contributed by atoms with van der Waals surface area (Å²) in [6.45, 7) is 13.0. The molecule has 0 rings (SSSR count). The number of carbonyl (C=O) groups is 1. The van der Waals surface area contributed by atoms with Crippen LogP contribution in [0.25, 0.3) is 0 Å². The van der Waals surface area contributed by atoms with Gasteiger partial charge in [0.05, 0.1) is 5.92 Å². The highest BCUT2D eigenvalue weighted by molar-refractivity contribution is 5.70. The molecular weight excluding hydrogens is 224 g/mol. The van der Waals surface area contributed by atoms with Crippen LogP contribution in [0.3, 0.4) is 0 Å². The van der Waals surface area contributed by atoms with Gasteiger partial charge >= 0.3 is 5.97 Å². The summed E-state index contributed by atoms with van der Waals surface area (Å²) in [7, 11) is 0. The van der Waals surface area contributed by atoms with E-state index in [0.717, 1.165) is 19.3 Å². The summed E-state index contributed by atoms with van der Waals surface area (Å²) in [5.41, 5.74) is 0.208. The number of hydrogen-bond donors (Lipinski definition) is 1. The van der Waals surface area contributed by atoms with Crippen LogP contribution in [0.2, 0.25) is 0 Å². The summed E-state index contributed by atoms with van der Waals surface area (Å²) in [5.74, 6) is -0.0220. The number of hydrogen-bond acceptors (Lipinski definition) is 1. The summed E-state index contributed by atoms with van der Waals surface area (Å²) in [4.78, 5) is 11.4. The molecule has 0 aromatic rings. The number of aliphatic carboxylic acids is 1. The van der Waals surface area contributed by atoms with Crippen molar-refractivity contribution in [2.24, 2.45) is 23.2 Å². The summed E-state index contributed by atoms with van der Waals surface area (Å²) >= 11 is 0. The fourth-order valence-electron chi connectivity index (χ4n) is 2.79. The highest BCUT2D eigenvalue weighted by Gasteiger charge is 2.29. The third-order valence-corrected chi connectivity index (χ3v) is 3.65. The summed E-state index contributed by atoms with van der Waals surface area (Å²) in [5, 5.41) is 9.41. The van der Waals surface area contributed by atoms with Crippen molar-refractivity contribution >= 4 is 5.97 Å². The first-order valence-electron chi connectivity index (χ1n) is 7.40. The zero-order valence-corrected chi connectivity index (χ0v) is 13.1. The van der Waals surface area contributed by atoms with Gasteiger partial charge in [0.25, 0.3) is 0 Å².